The van der Waals surface area contributed by atoms with Crippen molar-refractivity contribution >= 4 is 39.0 Å². The van der Waals surface area contributed by atoms with Crippen molar-refractivity contribution in [2.75, 3.05) is 0 Å². The molecule has 0 aliphatic rings. The van der Waals surface area contributed by atoms with Crippen LogP contribution < -0.4 is 0 Å². The van der Waals surface area contributed by atoms with Crippen LogP contribution >= 0.6 is 22.9 Å². The Morgan fingerprint density at radius 3 is 2.91 bits per heavy atom. The summed E-state index contributed by atoms with van der Waals surface area (Å²) in [6.07, 6.45) is 0. The van der Waals surface area contributed by atoms with E-state index in [0.717, 1.165) is 11.3 Å². The molecule has 0 bridgehead atoms. The molecule has 0 saturated heterocycles. The molecule has 6 heteroatoms. The van der Waals surface area contributed by atoms with Gasteiger partial charge in [0, 0.05) is 10.1 Å². The second-order valence-corrected chi connectivity index (χ2v) is 6.20. The summed E-state index contributed by atoms with van der Waals surface area (Å²) in [6, 6.07) is 13.0. The first-order valence-electron chi connectivity index (χ1n) is 6.62. The number of hydrogen-bond acceptors (Lipinski definition) is 4. The number of nitriles is 1. The average molecular weight is 346 g/mol. The van der Waals surface area contributed by atoms with Crippen molar-refractivity contribution < 1.29 is 13.9 Å². The minimum atomic E-state index is -0.570. The third-order valence-electron chi connectivity index (χ3n) is 3.20. The topological polar surface area (TPSA) is 50.1 Å². The Kier molecular flexibility index (Phi) is 4.28. The van der Waals surface area contributed by atoms with Gasteiger partial charge in [-0.2, -0.15) is 5.26 Å². The average Bonchev–Trinajstić information content (AvgIpc) is 2.89. The van der Waals surface area contributed by atoms with Gasteiger partial charge < -0.3 is 4.74 Å². The Labute approximate surface area is 140 Å². The molecule has 0 radical (unpaired) electrons. The van der Waals surface area contributed by atoms with Gasteiger partial charge in [-0.15, -0.1) is 11.3 Å². The molecule has 1 heterocycles. The molecule has 3 aromatic rings. The van der Waals surface area contributed by atoms with Crippen molar-refractivity contribution in [1.29, 1.82) is 5.26 Å². The highest BCUT2D eigenvalue weighted by Gasteiger charge is 2.19. The number of benzene rings is 2. The third kappa shape index (κ3) is 3.19. The van der Waals surface area contributed by atoms with Crippen LogP contribution in [0.5, 0.6) is 0 Å². The number of hydrogen-bond donors (Lipinski definition) is 0. The van der Waals surface area contributed by atoms with Crippen LogP contribution in [0.25, 0.3) is 10.1 Å². The van der Waals surface area contributed by atoms with Gasteiger partial charge in [0.1, 0.15) is 17.3 Å². The lowest BCUT2D eigenvalue weighted by molar-refractivity contribution is 0.0479. The fraction of sp³-hybridized carbons (Fsp3) is 0.0588. The van der Waals surface area contributed by atoms with Crippen LogP contribution in [0.4, 0.5) is 4.39 Å². The van der Waals surface area contributed by atoms with E-state index in [4.69, 9.17) is 21.6 Å². The second kappa shape index (κ2) is 6.37. The molecule has 0 amide bonds. The van der Waals surface area contributed by atoms with E-state index in [0.29, 0.717) is 21.2 Å². The Bertz CT molecular complexity index is 945. The van der Waals surface area contributed by atoms with Gasteiger partial charge in [0.15, 0.2) is 0 Å². The predicted molar refractivity (Wildman–Crippen MR) is 87.1 cm³/mol. The fourth-order valence-corrected chi connectivity index (χ4v) is 3.54. The molecule has 23 heavy (non-hydrogen) atoms. The van der Waals surface area contributed by atoms with Crippen LogP contribution in [0.1, 0.15) is 20.8 Å². The Morgan fingerprint density at radius 1 is 1.30 bits per heavy atom. The molecular weight excluding hydrogens is 337 g/mol. The molecule has 0 aliphatic heterocycles. The van der Waals surface area contributed by atoms with Gasteiger partial charge in [-0.3, -0.25) is 0 Å². The summed E-state index contributed by atoms with van der Waals surface area (Å²) in [5, 5.41) is 9.74. The number of thiophene rings is 1. The molecule has 0 fully saturated rings. The number of halogens is 2. The molecule has 0 atom stereocenters. The molecule has 1 aromatic heterocycles. The minimum absolute atomic E-state index is 0.0350. The van der Waals surface area contributed by atoms with Crippen molar-refractivity contribution in [3.63, 3.8) is 0 Å². The Morgan fingerprint density at radius 2 is 2.13 bits per heavy atom. The lowest BCUT2D eigenvalue weighted by Crippen LogP contribution is -2.03. The number of nitrogens with zero attached hydrogens (tertiary/aromatic N) is 1. The molecule has 0 spiro atoms. The SMILES string of the molecule is N#Cc1cccc(COC(=O)c2sc3cc(F)ccc3c2Cl)c1. The third-order valence-corrected chi connectivity index (χ3v) is 4.84. The van der Waals surface area contributed by atoms with Crippen LogP contribution in [0, 0.1) is 17.1 Å². The summed E-state index contributed by atoms with van der Waals surface area (Å²) in [5.74, 6) is -0.956. The Balaban J connectivity index is 1.81. The van der Waals surface area contributed by atoms with E-state index in [1.807, 2.05) is 6.07 Å². The van der Waals surface area contributed by atoms with Crippen LogP contribution in [-0.4, -0.2) is 5.97 Å². The summed E-state index contributed by atoms with van der Waals surface area (Å²) >= 11 is 7.27. The Hall–Kier alpha value is -2.42. The zero-order chi connectivity index (χ0) is 16.4. The highest BCUT2D eigenvalue weighted by molar-refractivity contribution is 7.21. The molecule has 3 rings (SSSR count). The van der Waals surface area contributed by atoms with E-state index in [1.54, 1.807) is 24.3 Å². The van der Waals surface area contributed by atoms with Crippen molar-refractivity contribution in [3.8, 4) is 6.07 Å². The summed E-state index contributed by atoms with van der Waals surface area (Å²) in [5.41, 5.74) is 1.20. The molecule has 3 nitrogen and oxygen atoms in total. The van der Waals surface area contributed by atoms with Gasteiger partial charge in [0.25, 0.3) is 0 Å². The van der Waals surface area contributed by atoms with Gasteiger partial charge >= 0.3 is 5.97 Å². The zero-order valence-electron chi connectivity index (χ0n) is 11.7. The first-order chi connectivity index (χ1) is 11.1. The van der Waals surface area contributed by atoms with Gasteiger partial charge in [0.2, 0.25) is 0 Å². The van der Waals surface area contributed by atoms with Crippen molar-refractivity contribution in [1.82, 2.24) is 0 Å². The first-order valence-corrected chi connectivity index (χ1v) is 7.81. The van der Waals surface area contributed by atoms with Gasteiger partial charge in [-0.05, 0) is 35.9 Å². The molecular formula is C17H9ClFNO2S. The molecule has 2 aromatic carbocycles. The number of carbonyl (C=O) groups excluding carboxylic acids is 1. The molecule has 0 N–H and O–H groups in total. The summed E-state index contributed by atoms with van der Waals surface area (Å²) < 4.78 is 19.1. The maximum Gasteiger partial charge on any atom is 0.350 e. The number of ether oxygens (including phenoxy) is 1. The highest BCUT2D eigenvalue weighted by Crippen LogP contribution is 2.36. The van der Waals surface area contributed by atoms with Crippen LogP contribution in [0.2, 0.25) is 5.02 Å². The molecule has 114 valence electrons. The maximum absolute atomic E-state index is 13.2. The van der Waals surface area contributed by atoms with E-state index in [-0.39, 0.29) is 22.3 Å². The summed E-state index contributed by atoms with van der Waals surface area (Å²) in [4.78, 5) is 12.4. The van der Waals surface area contributed by atoms with Crippen molar-refractivity contribution in [2.24, 2.45) is 0 Å². The quantitative estimate of drug-likeness (QED) is 0.633. The van der Waals surface area contributed by atoms with Crippen LogP contribution in [0.3, 0.4) is 0 Å². The van der Waals surface area contributed by atoms with E-state index in [1.165, 1.54) is 18.2 Å². The number of rotatable bonds is 3. The fourth-order valence-electron chi connectivity index (χ4n) is 2.12. The zero-order valence-corrected chi connectivity index (χ0v) is 13.2. The normalized spacial score (nSPS) is 10.5. The first kappa shape index (κ1) is 15.5. The number of esters is 1. The van der Waals surface area contributed by atoms with Gasteiger partial charge in [-0.25, -0.2) is 9.18 Å². The van der Waals surface area contributed by atoms with Crippen molar-refractivity contribution in [3.05, 3.63) is 69.3 Å². The molecule has 0 unspecified atom stereocenters. The van der Waals surface area contributed by atoms with E-state index >= 15 is 0 Å². The second-order valence-electron chi connectivity index (χ2n) is 4.77. The van der Waals surface area contributed by atoms with E-state index in [9.17, 15) is 9.18 Å². The lowest BCUT2D eigenvalue weighted by atomic mass is 10.1. The highest BCUT2D eigenvalue weighted by atomic mass is 35.5. The van der Waals surface area contributed by atoms with Gasteiger partial charge in [-0.1, -0.05) is 23.7 Å². The van der Waals surface area contributed by atoms with Gasteiger partial charge in [0.05, 0.1) is 16.7 Å². The number of fused-ring (bicyclic) bond motifs is 1. The van der Waals surface area contributed by atoms with E-state index < -0.39 is 5.97 Å². The van der Waals surface area contributed by atoms with Crippen molar-refractivity contribution in [2.45, 2.75) is 6.61 Å². The summed E-state index contributed by atoms with van der Waals surface area (Å²) in [7, 11) is 0. The molecule has 0 saturated carbocycles. The minimum Gasteiger partial charge on any atom is -0.457 e. The monoisotopic (exact) mass is 345 g/mol. The smallest absolute Gasteiger partial charge is 0.350 e. The van der Waals surface area contributed by atoms with E-state index in [2.05, 4.69) is 0 Å². The summed E-state index contributed by atoms with van der Waals surface area (Å²) in [6.45, 7) is 0.0350. The largest absolute Gasteiger partial charge is 0.457 e. The predicted octanol–water partition coefficient (Wildman–Crippen LogP) is 4.92. The standard InChI is InChI=1S/C17H9ClFNO2S/c18-15-13-5-4-12(19)7-14(13)23-16(15)17(21)22-9-11-3-1-2-10(6-11)8-20/h1-7H,9H2. The molecule has 0 aliphatic carbocycles. The number of carbonyl (C=O) groups is 1. The maximum atomic E-state index is 13.2. The van der Waals surface area contributed by atoms with Crippen LogP contribution in [-0.2, 0) is 11.3 Å². The van der Waals surface area contributed by atoms with Crippen LogP contribution in [0.15, 0.2) is 42.5 Å². The lowest BCUT2D eigenvalue weighted by Gasteiger charge is -2.04.